The third-order valence-corrected chi connectivity index (χ3v) is 4.47. The average Bonchev–Trinajstić information content (AvgIpc) is 2.66. The van der Waals surface area contributed by atoms with Crippen LogP contribution in [0, 0.1) is 13.8 Å². The van der Waals surface area contributed by atoms with Crippen LogP contribution >= 0.6 is 23.2 Å². The van der Waals surface area contributed by atoms with Gasteiger partial charge in [0.25, 0.3) is 0 Å². The molecule has 0 saturated carbocycles. The second-order valence-electron chi connectivity index (χ2n) is 5.79. The summed E-state index contributed by atoms with van der Waals surface area (Å²) in [5.41, 5.74) is 1.92. The third kappa shape index (κ3) is 6.48. The Morgan fingerprint density at radius 1 is 1.19 bits per heavy atom. The Balaban J connectivity index is 1.93. The summed E-state index contributed by atoms with van der Waals surface area (Å²) < 4.78 is 5.64. The SMILES string of the molecule is CC/C(Cl)=N\C(=NC)Oc1ccc(CCNc2nc(C)nc(C)c2Cl)cc1. The second-order valence-corrected chi connectivity index (χ2v) is 6.60. The van der Waals surface area contributed by atoms with E-state index < -0.39 is 0 Å². The van der Waals surface area contributed by atoms with Crippen LogP contribution < -0.4 is 10.1 Å². The van der Waals surface area contributed by atoms with E-state index in [1.165, 1.54) is 0 Å². The van der Waals surface area contributed by atoms with Gasteiger partial charge in [0.05, 0.1) is 5.69 Å². The molecule has 144 valence electrons. The molecular formula is C19H23Cl2N5O. The molecule has 0 atom stereocenters. The lowest BCUT2D eigenvalue weighted by Gasteiger charge is -2.10. The van der Waals surface area contributed by atoms with Gasteiger partial charge in [0, 0.05) is 13.6 Å². The highest BCUT2D eigenvalue weighted by Gasteiger charge is 2.07. The first-order valence-electron chi connectivity index (χ1n) is 8.64. The summed E-state index contributed by atoms with van der Waals surface area (Å²) >= 11 is 12.2. The molecule has 0 radical (unpaired) electrons. The molecule has 0 fully saturated rings. The van der Waals surface area contributed by atoms with Crippen molar-refractivity contribution in [2.45, 2.75) is 33.6 Å². The van der Waals surface area contributed by atoms with Crippen LogP contribution in [0.25, 0.3) is 0 Å². The number of hydrogen-bond donors (Lipinski definition) is 1. The Hall–Kier alpha value is -2.18. The van der Waals surface area contributed by atoms with Crippen molar-refractivity contribution >= 4 is 40.2 Å². The molecular weight excluding hydrogens is 385 g/mol. The van der Waals surface area contributed by atoms with Gasteiger partial charge in [-0.25, -0.2) is 15.0 Å². The first-order valence-corrected chi connectivity index (χ1v) is 9.39. The van der Waals surface area contributed by atoms with Gasteiger partial charge in [-0.3, -0.25) is 0 Å². The lowest BCUT2D eigenvalue weighted by molar-refractivity contribution is 0.541. The van der Waals surface area contributed by atoms with Crippen molar-refractivity contribution in [2.75, 3.05) is 18.9 Å². The summed E-state index contributed by atoms with van der Waals surface area (Å²) in [6.07, 6.45) is 1.44. The number of hydrogen-bond acceptors (Lipinski definition) is 5. The van der Waals surface area contributed by atoms with E-state index in [2.05, 4.69) is 25.3 Å². The van der Waals surface area contributed by atoms with Crippen LogP contribution in [-0.4, -0.2) is 34.8 Å². The van der Waals surface area contributed by atoms with Gasteiger partial charge in [0.15, 0.2) is 0 Å². The number of amidine groups is 1. The quantitative estimate of drug-likeness (QED) is 0.550. The summed E-state index contributed by atoms with van der Waals surface area (Å²) in [6, 6.07) is 7.98. The maximum Gasteiger partial charge on any atom is 0.318 e. The van der Waals surface area contributed by atoms with E-state index in [4.69, 9.17) is 27.9 Å². The molecule has 2 aromatic rings. The number of ether oxygens (including phenoxy) is 1. The van der Waals surface area contributed by atoms with Gasteiger partial charge in [0.1, 0.15) is 27.6 Å². The van der Waals surface area contributed by atoms with Crippen LogP contribution in [0.5, 0.6) is 5.75 Å². The van der Waals surface area contributed by atoms with Gasteiger partial charge < -0.3 is 10.1 Å². The van der Waals surface area contributed by atoms with E-state index >= 15 is 0 Å². The zero-order valence-electron chi connectivity index (χ0n) is 15.9. The van der Waals surface area contributed by atoms with Gasteiger partial charge in [0.2, 0.25) is 0 Å². The largest absolute Gasteiger partial charge is 0.425 e. The number of rotatable bonds is 6. The predicted molar refractivity (Wildman–Crippen MR) is 113 cm³/mol. The highest BCUT2D eigenvalue weighted by Crippen LogP contribution is 2.22. The maximum atomic E-state index is 6.24. The van der Waals surface area contributed by atoms with E-state index in [0.29, 0.717) is 40.6 Å². The van der Waals surface area contributed by atoms with Gasteiger partial charge in [-0.1, -0.05) is 42.3 Å². The number of anilines is 1. The highest BCUT2D eigenvalue weighted by molar-refractivity contribution is 6.66. The molecule has 8 heteroatoms. The molecule has 0 aliphatic heterocycles. The summed E-state index contributed by atoms with van der Waals surface area (Å²) in [7, 11) is 1.61. The Labute approximate surface area is 169 Å². The normalized spacial score (nSPS) is 12.2. The Morgan fingerprint density at radius 3 is 2.52 bits per heavy atom. The van der Waals surface area contributed by atoms with Gasteiger partial charge in [-0.2, -0.15) is 4.99 Å². The smallest absolute Gasteiger partial charge is 0.318 e. The van der Waals surface area contributed by atoms with Crippen molar-refractivity contribution in [3.63, 3.8) is 0 Å². The first kappa shape index (κ1) is 21.1. The molecule has 1 aromatic heterocycles. The van der Waals surface area contributed by atoms with Crippen molar-refractivity contribution in [1.29, 1.82) is 0 Å². The standard InChI is InChI=1S/C19H23Cl2N5O/c1-5-16(20)26-19(22-4)27-15-8-6-14(7-9-15)10-11-23-18-17(21)12(2)24-13(3)25-18/h6-9H,5,10-11H2,1-4H3,(H,23,24,25)/b22-19?,26-16+. The molecule has 0 aliphatic carbocycles. The fourth-order valence-electron chi connectivity index (χ4n) is 2.27. The Bertz CT molecular complexity index is 835. The fourth-order valence-corrected chi connectivity index (χ4v) is 2.50. The average molecular weight is 408 g/mol. The number of aromatic nitrogens is 2. The summed E-state index contributed by atoms with van der Waals surface area (Å²) in [5.74, 6) is 2.01. The minimum Gasteiger partial charge on any atom is -0.425 e. The molecule has 1 N–H and O–H groups in total. The van der Waals surface area contributed by atoms with Gasteiger partial charge >= 0.3 is 6.02 Å². The minimum absolute atomic E-state index is 0.236. The number of aliphatic imine (C=N–C) groups is 2. The van der Waals surface area contributed by atoms with E-state index in [0.717, 1.165) is 17.7 Å². The predicted octanol–water partition coefficient (Wildman–Crippen LogP) is 4.81. The maximum absolute atomic E-state index is 6.24. The van der Waals surface area contributed by atoms with Crippen molar-refractivity contribution < 1.29 is 4.74 Å². The topological polar surface area (TPSA) is 71.8 Å². The Morgan fingerprint density at radius 2 is 1.89 bits per heavy atom. The highest BCUT2D eigenvalue weighted by atomic mass is 35.5. The summed E-state index contributed by atoms with van der Waals surface area (Å²) in [4.78, 5) is 16.7. The van der Waals surface area contributed by atoms with Crippen LogP contribution in [0.3, 0.4) is 0 Å². The molecule has 0 amide bonds. The van der Waals surface area contributed by atoms with E-state index in [9.17, 15) is 0 Å². The summed E-state index contributed by atoms with van der Waals surface area (Å²) in [6.45, 7) is 6.33. The van der Waals surface area contributed by atoms with Crippen molar-refractivity contribution in [1.82, 2.24) is 9.97 Å². The molecule has 0 unspecified atom stereocenters. The number of halogens is 2. The molecule has 27 heavy (non-hydrogen) atoms. The molecule has 0 saturated heterocycles. The zero-order valence-corrected chi connectivity index (χ0v) is 17.4. The third-order valence-electron chi connectivity index (χ3n) is 3.67. The zero-order chi connectivity index (χ0) is 19.8. The molecule has 1 heterocycles. The lowest BCUT2D eigenvalue weighted by atomic mass is 10.1. The number of benzene rings is 1. The van der Waals surface area contributed by atoms with Gasteiger partial charge in [-0.05, 0) is 44.4 Å². The van der Waals surface area contributed by atoms with Crippen molar-refractivity contribution in [3.05, 3.63) is 46.4 Å². The Kier molecular flexibility index (Phi) is 8.00. The number of nitrogens with zero attached hydrogens (tertiary/aromatic N) is 4. The van der Waals surface area contributed by atoms with Crippen LogP contribution in [0.1, 0.15) is 30.4 Å². The van der Waals surface area contributed by atoms with Crippen LogP contribution in [0.4, 0.5) is 5.82 Å². The molecule has 0 aliphatic rings. The molecule has 2 rings (SSSR count). The van der Waals surface area contributed by atoms with Crippen LogP contribution in [0.2, 0.25) is 5.02 Å². The lowest BCUT2D eigenvalue weighted by Crippen LogP contribution is -2.09. The van der Waals surface area contributed by atoms with Crippen LogP contribution in [-0.2, 0) is 6.42 Å². The van der Waals surface area contributed by atoms with E-state index in [1.54, 1.807) is 7.05 Å². The number of aryl methyl sites for hydroxylation is 2. The summed E-state index contributed by atoms with van der Waals surface area (Å²) in [5, 5.41) is 4.27. The second kappa shape index (κ2) is 10.2. The van der Waals surface area contributed by atoms with Crippen molar-refractivity contribution in [2.24, 2.45) is 9.98 Å². The molecule has 1 aromatic carbocycles. The van der Waals surface area contributed by atoms with E-state index in [1.807, 2.05) is 45.0 Å². The molecule has 0 spiro atoms. The van der Waals surface area contributed by atoms with Crippen LogP contribution in [0.15, 0.2) is 34.3 Å². The molecule has 0 bridgehead atoms. The van der Waals surface area contributed by atoms with Crippen molar-refractivity contribution in [3.8, 4) is 5.75 Å². The monoisotopic (exact) mass is 407 g/mol. The first-order chi connectivity index (χ1) is 12.9. The van der Waals surface area contributed by atoms with Gasteiger partial charge in [-0.15, -0.1) is 0 Å². The fraction of sp³-hybridized carbons (Fsp3) is 0.368. The minimum atomic E-state index is 0.236. The van der Waals surface area contributed by atoms with E-state index in [-0.39, 0.29) is 6.02 Å². The number of nitrogens with one attached hydrogen (secondary N) is 1. The molecule has 6 nitrogen and oxygen atoms in total.